The third-order valence-electron chi connectivity index (χ3n) is 2.73. The van der Waals surface area contributed by atoms with E-state index in [1.54, 1.807) is 24.3 Å². The van der Waals surface area contributed by atoms with E-state index in [1.165, 1.54) is 0 Å². The Morgan fingerprint density at radius 3 is 2.32 bits per heavy atom. The zero-order valence-corrected chi connectivity index (χ0v) is 10.6. The number of H-pyrrole nitrogens is 1. The Hall–Kier alpha value is -1.69. The van der Waals surface area contributed by atoms with Crippen molar-refractivity contribution in [3.05, 3.63) is 56.5 Å². The Bertz CT molecular complexity index is 640. The number of nitrogens with one attached hydrogen (secondary N) is 1. The predicted octanol–water partition coefficient (Wildman–Crippen LogP) is 3.21. The van der Waals surface area contributed by atoms with Gasteiger partial charge in [-0.1, -0.05) is 23.7 Å². The highest BCUT2D eigenvalue weighted by molar-refractivity contribution is 6.30. The van der Waals surface area contributed by atoms with Gasteiger partial charge < -0.3 is 0 Å². The highest BCUT2D eigenvalue weighted by Gasteiger charge is 2.36. The van der Waals surface area contributed by atoms with Crippen LogP contribution in [-0.4, -0.2) is 9.78 Å². The summed E-state index contributed by atoms with van der Waals surface area (Å²) in [6, 6.07) is 6.53. The molecular weight excluding hydrogens is 281 g/mol. The van der Waals surface area contributed by atoms with Crippen LogP contribution < -0.4 is 5.56 Å². The monoisotopic (exact) mass is 290 g/mol. The Kier molecular flexibility index (Phi) is 3.45. The summed E-state index contributed by atoms with van der Waals surface area (Å²) in [7, 11) is 0. The van der Waals surface area contributed by atoms with E-state index in [4.69, 9.17) is 11.6 Å². The van der Waals surface area contributed by atoms with E-state index in [0.29, 0.717) is 10.6 Å². The molecule has 1 aromatic heterocycles. The molecule has 0 saturated carbocycles. The van der Waals surface area contributed by atoms with Crippen molar-refractivity contribution in [3.8, 4) is 0 Å². The molecule has 2 aromatic rings. The first kappa shape index (κ1) is 13.7. The second kappa shape index (κ2) is 4.77. The second-order valence-electron chi connectivity index (χ2n) is 4.13. The number of alkyl halides is 3. The van der Waals surface area contributed by atoms with Gasteiger partial charge >= 0.3 is 6.18 Å². The van der Waals surface area contributed by atoms with Crippen LogP contribution in [0.15, 0.2) is 29.1 Å². The number of hydrogen-bond acceptors (Lipinski definition) is 1. The molecule has 0 fully saturated rings. The van der Waals surface area contributed by atoms with Crippen LogP contribution in [0.3, 0.4) is 0 Å². The maximum absolute atomic E-state index is 12.6. The number of aromatic amines is 1. The average molecular weight is 291 g/mol. The topological polar surface area (TPSA) is 37.8 Å². The minimum Gasteiger partial charge on any atom is -0.291 e. The zero-order chi connectivity index (χ0) is 14.2. The fraction of sp³-hybridized carbons (Fsp3) is 0.250. The molecular formula is C12H10ClF3N2O. The summed E-state index contributed by atoms with van der Waals surface area (Å²) in [4.78, 5) is 11.7. The molecule has 0 saturated heterocycles. The van der Waals surface area contributed by atoms with Crippen molar-refractivity contribution < 1.29 is 13.2 Å². The lowest BCUT2D eigenvalue weighted by Crippen LogP contribution is -2.18. The molecule has 0 spiro atoms. The molecule has 0 unspecified atom stereocenters. The van der Waals surface area contributed by atoms with E-state index in [1.807, 2.05) is 0 Å². The van der Waals surface area contributed by atoms with Crippen LogP contribution >= 0.6 is 11.6 Å². The number of nitrogens with zero attached hydrogens (tertiary/aromatic N) is 1. The Morgan fingerprint density at radius 1 is 1.26 bits per heavy atom. The maximum Gasteiger partial charge on any atom is 0.433 e. The largest absolute Gasteiger partial charge is 0.433 e. The van der Waals surface area contributed by atoms with Gasteiger partial charge in [0.25, 0.3) is 5.56 Å². The summed E-state index contributed by atoms with van der Waals surface area (Å²) in [5, 5.41) is 2.62. The van der Waals surface area contributed by atoms with Crippen molar-refractivity contribution in [1.29, 1.82) is 0 Å². The van der Waals surface area contributed by atoms with Crippen LogP contribution in [0.25, 0.3) is 0 Å². The standard InChI is InChI=1S/C12H10ClF3N2O/c1-7-10(12(14,15)16)17-18(11(7)19)6-8-2-4-9(13)5-3-8/h2-5,17H,6H2,1H3. The van der Waals surface area contributed by atoms with Crippen LogP contribution in [0, 0.1) is 6.92 Å². The molecule has 19 heavy (non-hydrogen) atoms. The van der Waals surface area contributed by atoms with Gasteiger partial charge in [0.2, 0.25) is 0 Å². The minimum atomic E-state index is -4.56. The highest BCUT2D eigenvalue weighted by Crippen LogP contribution is 2.28. The SMILES string of the molecule is Cc1c(C(F)(F)F)[nH]n(Cc2ccc(Cl)cc2)c1=O. The lowest BCUT2D eigenvalue weighted by molar-refractivity contribution is -0.141. The summed E-state index contributed by atoms with van der Waals surface area (Å²) in [6.07, 6.45) is -4.56. The number of aromatic nitrogens is 2. The molecule has 2 rings (SSSR count). The Labute approximate surface area is 111 Å². The zero-order valence-electron chi connectivity index (χ0n) is 9.88. The van der Waals surface area contributed by atoms with Gasteiger partial charge in [-0.05, 0) is 24.6 Å². The van der Waals surface area contributed by atoms with Gasteiger partial charge in [-0.25, -0.2) is 4.68 Å². The van der Waals surface area contributed by atoms with Crippen LogP contribution in [0.2, 0.25) is 5.02 Å². The van der Waals surface area contributed by atoms with Gasteiger partial charge in [0.15, 0.2) is 0 Å². The molecule has 1 heterocycles. The first-order valence-electron chi connectivity index (χ1n) is 5.40. The van der Waals surface area contributed by atoms with Crippen LogP contribution in [0.4, 0.5) is 13.2 Å². The molecule has 0 bridgehead atoms. The van der Waals surface area contributed by atoms with Crippen molar-refractivity contribution in [3.63, 3.8) is 0 Å². The average Bonchev–Trinajstić information content (AvgIpc) is 2.60. The molecule has 0 aliphatic rings. The minimum absolute atomic E-state index is 0.0346. The summed E-state index contributed by atoms with van der Waals surface area (Å²) in [5.74, 6) is 0. The molecule has 3 nitrogen and oxygen atoms in total. The quantitative estimate of drug-likeness (QED) is 0.906. The van der Waals surface area contributed by atoms with Crippen molar-refractivity contribution in [2.75, 3.05) is 0 Å². The normalized spacial score (nSPS) is 11.8. The Morgan fingerprint density at radius 2 is 1.84 bits per heavy atom. The lowest BCUT2D eigenvalue weighted by Gasteiger charge is -2.05. The van der Waals surface area contributed by atoms with Gasteiger partial charge in [-0.15, -0.1) is 0 Å². The Balaban J connectivity index is 2.37. The van der Waals surface area contributed by atoms with E-state index in [-0.39, 0.29) is 12.1 Å². The number of halogens is 4. The first-order chi connectivity index (χ1) is 8.79. The maximum atomic E-state index is 12.6. The van der Waals surface area contributed by atoms with Crippen molar-refractivity contribution >= 4 is 11.6 Å². The fourth-order valence-electron chi connectivity index (χ4n) is 1.74. The summed E-state index contributed by atoms with van der Waals surface area (Å²) >= 11 is 5.71. The molecule has 7 heteroatoms. The number of benzene rings is 1. The molecule has 0 aliphatic heterocycles. The predicted molar refractivity (Wildman–Crippen MR) is 65.3 cm³/mol. The van der Waals surface area contributed by atoms with Crippen molar-refractivity contribution in [2.45, 2.75) is 19.6 Å². The number of rotatable bonds is 2. The molecule has 0 aliphatic carbocycles. The van der Waals surface area contributed by atoms with E-state index in [0.717, 1.165) is 11.6 Å². The van der Waals surface area contributed by atoms with E-state index < -0.39 is 17.4 Å². The molecule has 1 N–H and O–H groups in total. The molecule has 0 radical (unpaired) electrons. The van der Waals surface area contributed by atoms with Gasteiger partial charge in [-0.3, -0.25) is 9.89 Å². The summed E-state index contributed by atoms with van der Waals surface area (Å²) in [6.45, 7) is 1.19. The number of hydrogen-bond donors (Lipinski definition) is 1. The summed E-state index contributed by atoms with van der Waals surface area (Å²) < 4.78 is 38.8. The molecule has 0 amide bonds. The van der Waals surface area contributed by atoms with E-state index in [9.17, 15) is 18.0 Å². The molecule has 0 atom stereocenters. The lowest BCUT2D eigenvalue weighted by atomic mass is 10.2. The second-order valence-corrected chi connectivity index (χ2v) is 4.56. The third kappa shape index (κ3) is 2.84. The first-order valence-corrected chi connectivity index (χ1v) is 5.78. The third-order valence-corrected chi connectivity index (χ3v) is 2.98. The molecule has 1 aromatic carbocycles. The van der Waals surface area contributed by atoms with Gasteiger partial charge in [0, 0.05) is 10.6 Å². The van der Waals surface area contributed by atoms with E-state index in [2.05, 4.69) is 5.10 Å². The highest BCUT2D eigenvalue weighted by atomic mass is 35.5. The smallest absolute Gasteiger partial charge is 0.291 e. The van der Waals surface area contributed by atoms with Gasteiger partial charge in [-0.2, -0.15) is 13.2 Å². The van der Waals surface area contributed by atoms with Crippen LogP contribution in [0.1, 0.15) is 16.8 Å². The van der Waals surface area contributed by atoms with Crippen LogP contribution in [-0.2, 0) is 12.7 Å². The molecule has 102 valence electrons. The van der Waals surface area contributed by atoms with Gasteiger partial charge in [0.05, 0.1) is 6.54 Å². The van der Waals surface area contributed by atoms with Crippen molar-refractivity contribution in [2.24, 2.45) is 0 Å². The summed E-state index contributed by atoms with van der Waals surface area (Å²) in [5.41, 5.74) is -1.34. The van der Waals surface area contributed by atoms with Crippen LogP contribution in [0.5, 0.6) is 0 Å². The van der Waals surface area contributed by atoms with E-state index >= 15 is 0 Å². The fourth-order valence-corrected chi connectivity index (χ4v) is 1.86. The van der Waals surface area contributed by atoms with Gasteiger partial charge in [0.1, 0.15) is 5.69 Å². The van der Waals surface area contributed by atoms with Crippen molar-refractivity contribution in [1.82, 2.24) is 9.78 Å².